The van der Waals surface area contributed by atoms with E-state index in [4.69, 9.17) is 4.74 Å². The van der Waals surface area contributed by atoms with Crippen molar-refractivity contribution in [2.45, 2.75) is 26.2 Å². The molecule has 0 aliphatic carbocycles. The molecule has 1 aliphatic rings. The van der Waals surface area contributed by atoms with Gasteiger partial charge in [-0.3, -0.25) is 0 Å². The van der Waals surface area contributed by atoms with Gasteiger partial charge in [-0.15, -0.1) is 0 Å². The Kier molecular flexibility index (Phi) is 2.62. The first kappa shape index (κ1) is 9.38. The van der Waals surface area contributed by atoms with Crippen molar-refractivity contribution in [3.8, 4) is 5.75 Å². The lowest BCUT2D eigenvalue weighted by molar-refractivity contribution is 0.318. The SMILES string of the molecule is CC(C)c1cccc2c1OCCCN2. The summed E-state index contributed by atoms with van der Waals surface area (Å²) in [7, 11) is 0. The van der Waals surface area contributed by atoms with Gasteiger partial charge in [-0.2, -0.15) is 0 Å². The number of fused-ring (bicyclic) bond motifs is 1. The summed E-state index contributed by atoms with van der Waals surface area (Å²) in [4.78, 5) is 0. The Morgan fingerprint density at radius 1 is 1.36 bits per heavy atom. The third kappa shape index (κ3) is 1.69. The highest BCUT2D eigenvalue weighted by Crippen LogP contribution is 2.34. The third-order valence-electron chi connectivity index (χ3n) is 2.55. The molecule has 0 spiro atoms. The molecule has 0 radical (unpaired) electrons. The van der Waals surface area contributed by atoms with Gasteiger partial charge >= 0.3 is 0 Å². The summed E-state index contributed by atoms with van der Waals surface area (Å²) < 4.78 is 5.78. The zero-order valence-electron chi connectivity index (χ0n) is 8.84. The van der Waals surface area contributed by atoms with Crippen LogP contribution in [-0.4, -0.2) is 13.2 Å². The summed E-state index contributed by atoms with van der Waals surface area (Å²) in [6, 6.07) is 6.33. The molecule has 0 saturated carbocycles. The van der Waals surface area contributed by atoms with E-state index >= 15 is 0 Å². The number of para-hydroxylation sites is 1. The Morgan fingerprint density at radius 2 is 2.21 bits per heavy atom. The van der Waals surface area contributed by atoms with Crippen molar-refractivity contribution in [3.05, 3.63) is 23.8 Å². The van der Waals surface area contributed by atoms with Crippen LogP contribution in [-0.2, 0) is 0 Å². The zero-order valence-corrected chi connectivity index (χ0v) is 8.84. The highest BCUT2D eigenvalue weighted by Gasteiger charge is 2.14. The number of nitrogens with one attached hydrogen (secondary N) is 1. The average molecular weight is 191 g/mol. The lowest BCUT2D eigenvalue weighted by Crippen LogP contribution is -1.99. The normalized spacial score (nSPS) is 15.4. The van der Waals surface area contributed by atoms with Crippen molar-refractivity contribution >= 4 is 5.69 Å². The largest absolute Gasteiger partial charge is 0.491 e. The van der Waals surface area contributed by atoms with Gasteiger partial charge in [0.2, 0.25) is 0 Å². The van der Waals surface area contributed by atoms with Gasteiger partial charge in [-0.05, 0) is 24.0 Å². The van der Waals surface area contributed by atoms with Crippen LogP contribution in [0.5, 0.6) is 5.75 Å². The number of hydrogen-bond donors (Lipinski definition) is 1. The van der Waals surface area contributed by atoms with Gasteiger partial charge in [0, 0.05) is 6.54 Å². The lowest BCUT2D eigenvalue weighted by atomic mass is 10.0. The summed E-state index contributed by atoms with van der Waals surface area (Å²) >= 11 is 0. The molecule has 76 valence electrons. The van der Waals surface area contributed by atoms with Crippen LogP contribution in [0, 0.1) is 0 Å². The van der Waals surface area contributed by atoms with Crippen LogP contribution in [0.3, 0.4) is 0 Å². The van der Waals surface area contributed by atoms with Crippen molar-refractivity contribution in [2.24, 2.45) is 0 Å². The predicted molar refractivity (Wildman–Crippen MR) is 59.1 cm³/mol. The van der Waals surface area contributed by atoms with E-state index in [2.05, 4.69) is 37.4 Å². The van der Waals surface area contributed by atoms with Gasteiger partial charge in [-0.1, -0.05) is 26.0 Å². The van der Waals surface area contributed by atoms with Crippen LogP contribution in [0.4, 0.5) is 5.69 Å². The minimum atomic E-state index is 0.518. The number of hydrogen-bond acceptors (Lipinski definition) is 2. The lowest BCUT2D eigenvalue weighted by Gasteiger charge is -2.15. The molecule has 2 heteroatoms. The fraction of sp³-hybridized carbons (Fsp3) is 0.500. The molecule has 1 aromatic rings. The average Bonchev–Trinajstić information content (AvgIpc) is 2.41. The molecular formula is C12H17NO. The second-order valence-electron chi connectivity index (χ2n) is 4.01. The predicted octanol–water partition coefficient (Wildman–Crippen LogP) is 3.00. The molecule has 0 atom stereocenters. The molecule has 2 nitrogen and oxygen atoms in total. The smallest absolute Gasteiger partial charge is 0.145 e. The highest BCUT2D eigenvalue weighted by atomic mass is 16.5. The minimum Gasteiger partial charge on any atom is -0.491 e. The Labute approximate surface area is 85.3 Å². The molecule has 2 rings (SSSR count). The van der Waals surface area contributed by atoms with Gasteiger partial charge in [0.1, 0.15) is 5.75 Å². The maximum Gasteiger partial charge on any atom is 0.145 e. The summed E-state index contributed by atoms with van der Waals surface area (Å²) in [5.41, 5.74) is 2.45. The van der Waals surface area contributed by atoms with Crippen LogP contribution in [0.25, 0.3) is 0 Å². The van der Waals surface area contributed by atoms with Crippen LogP contribution < -0.4 is 10.1 Å². The van der Waals surface area contributed by atoms with Crippen molar-refractivity contribution in [2.75, 3.05) is 18.5 Å². The first-order valence-electron chi connectivity index (χ1n) is 5.28. The minimum absolute atomic E-state index is 0.518. The molecule has 0 amide bonds. The van der Waals surface area contributed by atoms with E-state index in [0.717, 1.165) is 31.0 Å². The monoisotopic (exact) mass is 191 g/mol. The van der Waals surface area contributed by atoms with E-state index in [1.165, 1.54) is 5.56 Å². The van der Waals surface area contributed by atoms with Gasteiger partial charge < -0.3 is 10.1 Å². The maximum absolute atomic E-state index is 5.78. The quantitative estimate of drug-likeness (QED) is 0.736. The van der Waals surface area contributed by atoms with Gasteiger partial charge in [0.25, 0.3) is 0 Å². The van der Waals surface area contributed by atoms with E-state index in [-0.39, 0.29) is 0 Å². The van der Waals surface area contributed by atoms with Crippen molar-refractivity contribution in [1.29, 1.82) is 0 Å². The van der Waals surface area contributed by atoms with Crippen LogP contribution >= 0.6 is 0 Å². The molecule has 0 unspecified atom stereocenters. The van der Waals surface area contributed by atoms with E-state index in [9.17, 15) is 0 Å². The van der Waals surface area contributed by atoms with Crippen molar-refractivity contribution < 1.29 is 4.74 Å². The Balaban J connectivity index is 2.42. The standard InChI is InChI=1S/C12H17NO/c1-9(2)10-5-3-6-11-12(10)14-8-4-7-13-11/h3,5-6,9,13H,4,7-8H2,1-2H3. The molecule has 0 aromatic heterocycles. The summed E-state index contributed by atoms with van der Waals surface area (Å²) in [5, 5.41) is 3.40. The molecular weight excluding hydrogens is 174 g/mol. The Morgan fingerprint density at radius 3 is 3.00 bits per heavy atom. The van der Waals surface area contributed by atoms with Gasteiger partial charge in [0.15, 0.2) is 0 Å². The first-order valence-corrected chi connectivity index (χ1v) is 5.28. The van der Waals surface area contributed by atoms with Gasteiger partial charge in [-0.25, -0.2) is 0 Å². The molecule has 0 fully saturated rings. The molecule has 1 heterocycles. The molecule has 1 N–H and O–H groups in total. The summed E-state index contributed by atoms with van der Waals surface area (Å²) in [5.74, 6) is 1.57. The first-order chi connectivity index (χ1) is 6.79. The molecule has 0 saturated heterocycles. The van der Waals surface area contributed by atoms with Crippen molar-refractivity contribution in [3.63, 3.8) is 0 Å². The number of benzene rings is 1. The topological polar surface area (TPSA) is 21.3 Å². The second kappa shape index (κ2) is 3.91. The van der Waals surface area contributed by atoms with E-state index < -0.39 is 0 Å². The Hall–Kier alpha value is -1.18. The van der Waals surface area contributed by atoms with E-state index in [0.29, 0.717) is 5.92 Å². The third-order valence-corrected chi connectivity index (χ3v) is 2.55. The van der Waals surface area contributed by atoms with Crippen LogP contribution in [0.15, 0.2) is 18.2 Å². The van der Waals surface area contributed by atoms with Crippen LogP contribution in [0.1, 0.15) is 31.7 Å². The van der Waals surface area contributed by atoms with E-state index in [1.54, 1.807) is 0 Å². The highest BCUT2D eigenvalue weighted by molar-refractivity contribution is 5.61. The van der Waals surface area contributed by atoms with Gasteiger partial charge in [0.05, 0.1) is 12.3 Å². The van der Waals surface area contributed by atoms with E-state index in [1.807, 2.05) is 0 Å². The Bertz CT molecular complexity index is 320. The fourth-order valence-corrected chi connectivity index (χ4v) is 1.78. The zero-order chi connectivity index (χ0) is 9.97. The van der Waals surface area contributed by atoms with Crippen LogP contribution in [0.2, 0.25) is 0 Å². The molecule has 1 aromatic carbocycles. The second-order valence-corrected chi connectivity index (χ2v) is 4.01. The summed E-state index contributed by atoms with van der Waals surface area (Å²) in [6.45, 7) is 6.23. The summed E-state index contributed by atoms with van der Waals surface area (Å²) in [6.07, 6.45) is 1.08. The number of anilines is 1. The molecule has 14 heavy (non-hydrogen) atoms. The number of rotatable bonds is 1. The fourth-order valence-electron chi connectivity index (χ4n) is 1.78. The molecule has 1 aliphatic heterocycles. The maximum atomic E-state index is 5.78. The van der Waals surface area contributed by atoms with Crippen molar-refractivity contribution in [1.82, 2.24) is 0 Å². The molecule has 0 bridgehead atoms. The number of ether oxygens (including phenoxy) is 1.